The van der Waals surface area contributed by atoms with Gasteiger partial charge in [0, 0.05) is 12.1 Å². The lowest BCUT2D eigenvalue weighted by molar-refractivity contribution is -0.125. The highest BCUT2D eigenvalue weighted by Gasteiger charge is 2.20. The molecule has 1 aromatic carbocycles. The minimum absolute atomic E-state index is 0.0446. The number of ether oxygens (including phenoxy) is 1. The second kappa shape index (κ2) is 8.47. The van der Waals surface area contributed by atoms with Gasteiger partial charge in [-0.3, -0.25) is 9.78 Å². The lowest BCUT2D eigenvalue weighted by Gasteiger charge is -2.21. The molecule has 4 heteroatoms. The van der Waals surface area contributed by atoms with Crippen molar-refractivity contribution in [2.24, 2.45) is 5.92 Å². The summed E-state index contributed by atoms with van der Waals surface area (Å²) in [5, 5.41) is 3.13. The van der Waals surface area contributed by atoms with Gasteiger partial charge in [0.1, 0.15) is 12.4 Å². The molecule has 25 heavy (non-hydrogen) atoms. The van der Waals surface area contributed by atoms with E-state index in [4.69, 9.17) is 4.74 Å². The SMILES string of the molecule is C[C@@H](NC(=O)[C@H]1CC=CCC1)c1cccc(OCc2ccccn2)c1. The summed E-state index contributed by atoms with van der Waals surface area (Å²) in [5.41, 5.74) is 1.93. The summed E-state index contributed by atoms with van der Waals surface area (Å²) >= 11 is 0. The molecular formula is C21H24N2O2. The molecule has 0 spiro atoms. The molecule has 1 N–H and O–H groups in total. The van der Waals surface area contributed by atoms with Gasteiger partial charge in [0.15, 0.2) is 0 Å². The lowest BCUT2D eigenvalue weighted by Crippen LogP contribution is -2.33. The second-order valence-electron chi connectivity index (χ2n) is 6.39. The van der Waals surface area contributed by atoms with Gasteiger partial charge in [-0.25, -0.2) is 0 Å². The van der Waals surface area contributed by atoms with E-state index < -0.39 is 0 Å². The van der Waals surface area contributed by atoms with E-state index in [1.54, 1.807) is 6.20 Å². The number of hydrogen-bond donors (Lipinski definition) is 1. The standard InChI is InChI=1S/C21H24N2O2/c1-16(23-21(24)17-8-3-2-4-9-17)18-10-7-12-20(14-18)25-15-19-11-5-6-13-22-19/h2-3,5-7,10-14,16-17H,4,8-9,15H2,1H3,(H,23,24)/t16-,17+/m1/s1. The van der Waals surface area contributed by atoms with Crippen LogP contribution < -0.4 is 10.1 Å². The number of hydrogen-bond acceptors (Lipinski definition) is 3. The van der Waals surface area contributed by atoms with Gasteiger partial charge in [-0.2, -0.15) is 0 Å². The van der Waals surface area contributed by atoms with Crippen LogP contribution >= 0.6 is 0 Å². The van der Waals surface area contributed by atoms with Crippen LogP contribution in [-0.2, 0) is 11.4 Å². The van der Waals surface area contributed by atoms with Gasteiger partial charge >= 0.3 is 0 Å². The Balaban J connectivity index is 1.58. The monoisotopic (exact) mass is 336 g/mol. The predicted molar refractivity (Wildman–Crippen MR) is 98.0 cm³/mol. The van der Waals surface area contributed by atoms with Crippen molar-refractivity contribution >= 4 is 5.91 Å². The van der Waals surface area contributed by atoms with Gasteiger partial charge in [-0.15, -0.1) is 0 Å². The fraction of sp³-hybridized carbons (Fsp3) is 0.333. The van der Waals surface area contributed by atoms with E-state index >= 15 is 0 Å². The van der Waals surface area contributed by atoms with Gasteiger partial charge < -0.3 is 10.1 Å². The molecule has 1 aromatic heterocycles. The zero-order valence-corrected chi connectivity index (χ0v) is 14.5. The third-order valence-corrected chi connectivity index (χ3v) is 4.47. The molecule has 2 aromatic rings. The lowest BCUT2D eigenvalue weighted by atomic mass is 9.93. The molecule has 0 fully saturated rings. The van der Waals surface area contributed by atoms with Crippen molar-refractivity contribution in [2.75, 3.05) is 0 Å². The zero-order valence-electron chi connectivity index (χ0n) is 14.5. The topological polar surface area (TPSA) is 51.2 Å². The Morgan fingerprint density at radius 3 is 2.96 bits per heavy atom. The highest BCUT2D eigenvalue weighted by atomic mass is 16.5. The van der Waals surface area contributed by atoms with Crippen LogP contribution in [0.3, 0.4) is 0 Å². The first-order chi connectivity index (χ1) is 12.2. The average molecular weight is 336 g/mol. The van der Waals surface area contributed by atoms with E-state index in [1.165, 1.54) is 0 Å². The van der Waals surface area contributed by atoms with E-state index in [0.29, 0.717) is 6.61 Å². The number of amides is 1. The molecule has 0 unspecified atom stereocenters. The minimum Gasteiger partial charge on any atom is -0.487 e. The highest BCUT2D eigenvalue weighted by Crippen LogP contribution is 2.22. The molecule has 0 bridgehead atoms. The number of nitrogens with one attached hydrogen (secondary N) is 1. The Morgan fingerprint density at radius 1 is 1.28 bits per heavy atom. The highest BCUT2D eigenvalue weighted by molar-refractivity contribution is 5.79. The van der Waals surface area contributed by atoms with Gasteiger partial charge in [-0.1, -0.05) is 30.4 Å². The van der Waals surface area contributed by atoms with Gasteiger partial charge in [-0.05, 0) is 56.0 Å². The molecule has 0 saturated carbocycles. The van der Waals surface area contributed by atoms with E-state index in [-0.39, 0.29) is 17.9 Å². The van der Waals surface area contributed by atoms with Crippen LogP contribution in [0.4, 0.5) is 0 Å². The molecule has 0 aliphatic heterocycles. The van der Waals surface area contributed by atoms with Crippen molar-refractivity contribution in [3.8, 4) is 5.75 Å². The molecule has 2 atom stereocenters. The minimum atomic E-state index is -0.0446. The maximum absolute atomic E-state index is 12.4. The van der Waals surface area contributed by atoms with Crippen molar-refractivity contribution in [3.63, 3.8) is 0 Å². The first-order valence-electron chi connectivity index (χ1n) is 8.80. The van der Waals surface area contributed by atoms with Crippen molar-refractivity contribution in [1.82, 2.24) is 10.3 Å². The van der Waals surface area contributed by atoms with Crippen molar-refractivity contribution < 1.29 is 9.53 Å². The first-order valence-corrected chi connectivity index (χ1v) is 8.80. The number of aromatic nitrogens is 1. The second-order valence-corrected chi connectivity index (χ2v) is 6.39. The predicted octanol–water partition coefficient (Wildman–Crippen LogP) is 4.19. The summed E-state index contributed by atoms with van der Waals surface area (Å²) in [5.74, 6) is 1.01. The number of benzene rings is 1. The average Bonchev–Trinajstić information content (AvgIpc) is 2.68. The van der Waals surface area contributed by atoms with E-state index in [2.05, 4.69) is 22.5 Å². The number of allylic oxidation sites excluding steroid dienone is 2. The molecule has 0 radical (unpaired) electrons. The number of pyridine rings is 1. The van der Waals surface area contributed by atoms with Crippen LogP contribution in [-0.4, -0.2) is 10.9 Å². The Morgan fingerprint density at radius 2 is 2.20 bits per heavy atom. The molecule has 4 nitrogen and oxygen atoms in total. The summed E-state index contributed by atoms with van der Waals surface area (Å²) in [4.78, 5) is 16.6. The molecule has 1 aliphatic rings. The summed E-state index contributed by atoms with van der Waals surface area (Å²) in [7, 11) is 0. The van der Waals surface area contributed by atoms with Crippen LogP contribution in [0.5, 0.6) is 5.75 Å². The fourth-order valence-corrected chi connectivity index (χ4v) is 2.96. The van der Waals surface area contributed by atoms with Crippen LogP contribution in [0.2, 0.25) is 0 Å². The molecule has 0 saturated heterocycles. The van der Waals surface area contributed by atoms with Gasteiger partial charge in [0.05, 0.1) is 11.7 Å². The summed E-state index contributed by atoms with van der Waals surface area (Å²) in [6, 6.07) is 13.6. The van der Waals surface area contributed by atoms with Crippen LogP contribution in [0.25, 0.3) is 0 Å². The first kappa shape index (κ1) is 17.2. The molecule has 1 heterocycles. The zero-order chi connectivity index (χ0) is 17.5. The van der Waals surface area contributed by atoms with Crippen molar-refractivity contribution in [1.29, 1.82) is 0 Å². The van der Waals surface area contributed by atoms with Crippen molar-refractivity contribution in [3.05, 3.63) is 72.1 Å². The number of carbonyl (C=O) groups excluding carboxylic acids is 1. The molecule has 1 amide bonds. The molecular weight excluding hydrogens is 312 g/mol. The third-order valence-electron chi connectivity index (χ3n) is 4.47. The van der Waals surface area contributed by atoms with Crippen molar-refractivity contribution in [2.45, 2.75) is 38.8 Å². The van der Waals surface area contributed by atoms with Crippen LogP contribution in [0, 0.1) is 5.92 Å². The number of carbonyl (C=O) groups is 1. The Bertz CT molecular complexity index is 728. The smallest absolute Gasteiger partial charge is 0.223 e. The fourth-order valence-electron chi connectivity index (χ4n) is 2.96. The molecule has 1 aliphatic carbocycles. The quantitative estimate of drug-likeness (QED) is 0.805. The van der Waals surface area contributed by atoms with Gasteiger partial charge in [0.25, 0.3) is 0 Å². The van der Waals surface area contributed by atoms with Crippen LogP contribution in [0.15, 0.2) is 60.8 Å². The van der Waals surface area contributed by atoms with E-state index in [9.17, 15) is 4.79 Å². The number of nitrogens with zero attached hydrogens (tertiary/aromatic N) is 1. The number of rotatable bonds is 6. The Kier molecular flexibility index (Phi) is 5.83. The maximum atomic E-state index is 12.4. The van der Waals surface area contributed by atoms with E-state index in [1.807, 2.05) is 49.4 Å². The summed E-state index contributed by atoms with van der Waals surface area (Å²) in [6.07, 6.45) is 8.77. The summed E-state index contributed by atoms with van der Waals surface area (Å²) in [6.45, 7) is 2.44. The largest absolute Gasteiger partial charge is 0.487 e. The normalized spacial score (nSPS) is 17.7. The Labute approximate surface area is 148 Å². The molecule has 130 valence electrons. The molecule has 3 rings (SSSR count). The Hall–Kier alpha value is -2.62. The third kappa shape index (κ3) is 4.92. The van der Waals surface area contributed by atoms with Crippen LogP contribution in [0.1, 0.15) is 43.5 Å². The van der Waals surface area contributed by atoms with E-state index in [0.717, 1.165) is 36.3 Å². The summed E-state index contributed by atoms with van der Waals surface area (Å²) < 4.78 is 5.82. The van der Waals surface area contributed by atoms with Gasteiger partial charge in [0.2, 0.25) is 5.91 Å². The maximum Gasteiger partial charge on any atom is 0.223 e.